The fourth-order valence-corrected chi connectivity index (χ4v) is 0.958. The predicted octanol–water partition coefficient (Wildman–Crippen LogP) is -4.12. The molecule has 15 heteroatoms. The van der Waals surface area contributed by atoms with Gasteiger partial charge in [-0.2, -0.15) is 0 Å². The summed E-state index contributed by atoms with van der Waals surface area (Å²) in [5.41, 5.74) is 9.37. The van der Waals surface area contributed by atoms with E-state index in [1.54, 1.807) is 12.4 Å². The highest BCUT2D eigenvalue weighted by atomic mass is 16.7. The summed E-state index contributed by atoms with van der Waals surface area (Å²) in [4.78, 5) is 76.9. The number of carbonyl (C=O) groups excluding carboxylic acids is 5. The van der Waals surface area contributed by atoms with Gasteiger partial charge in [-0.05, 0) is 6.92 Å². The molecule has 5 N–H and O–H groups in total. The van der Waals surface area contributed by atoms with Crippen LogP contribution in [-0.4, -0.2) is 63.1 Å². The van der Waals surface area contributed by atoms with Gasteiger partial charge in [0.15, 0.2) is 26.4 Å². The van der Waals surface area contributed by atoms with Gasteiger partial charge in [-0.1, -0.05) is 0 Å². The van der Waals surface area contributed by atoms with E-state index in [2.05, 4.69) is 24.2 Å². The molecule has 0 aromatic carbocycles. The van der Waals surface area contributed by atoms with Gasteiger partial charge in [0.25, 0.3) is 23.6 Å². The highest BCUT2D eigenvalue weighted by Gasteiger charge is 2.08. The van der Waals surface area contributed by atoms with E-state index >= 15 is 0 Å². The average Bonchev–Trinajstić information content (AvgIpc) is 2.60. The summed E-state index contributed by atoms with van der Waals surface area (Å²) >= 11 is 0. The summed E-state index contributed by atoms with van der Waals surface area (Å²) in [6, 6.07) is 0. The van der Waals surface area contributed by atoms with Crippen molar-refractivity contribution in [3.05, 3.63) is 0 Å². The van der Waals surface area contributed by atoms with Crippen molar-refractivity contribution >= 4 is 30.0 Å². The van der Waals surface area contributed by atoms with Crippen molar-refractivity contribution in [2.45, 2.75) is 6.92 Å². The molecule has 15 nitrogen and oxygen atoms in total. The Balaban J connectivity index is 3.59. The summed E-state index contributed by atoms with van der Waals surface area (Å²) in [6.07, 6.45) is 0.218. The lowest BCUT2D eigenvalue weighted by Crippen LogP contribution is -2.38. The van der Waals surface area contributed by atoms with E-state index in [1.165, 1.54) is 0 Å². The van der Waals surface area contributed by atoms with Crippen LogP contribution < -0.4 is 27.4 Å². The summed E-state index contributed by atoms with van der Waals surface area (Å²) < 4.78 is 0. The van der Waals surface area contributed by atoms with Crippen LogP contribution in [0.2, 0.25) is 0 Å². The molecule has 0 spiro atoms. The highest BCUT2D eigenvalue weighted by Crippen LogP contribution is 1.77. The lowest BCUT2D eigenvalue weighted by molar-refractivity contribution is -0.154. The fraction of sp³-hybridized carbons (Fsp3) is 0.545. The SMILES string of the molecule is CCONC(=O)CONC(=O)CONC(=O)CONC(=O)CONC=O. The van der Waals surface area contributed by atoms with Crippen molar-refractivity contribution in [1.29, 1.82) is 0 Å². The second-order valence-electron chi connectivity index (χ2n) is 3.92. The van der Waals surface area contributed by atoms with Gasteiger partial charge in [-0.25, -0.2) is 27.4 Å². The molecule has 0 aliphatic heterocycles. The third-order valence-electron chi connectivity index (χ3n) is 1.83. The Labute approximate surface area is 146 Å². The fourth-order valence-electron chi connectivity index (χ4n) is 0.958. The van der Waals surface area contributed by atoms with Gasteiger partial charge in [0.05, 0.1) is 6.61 Å². The predicted molar refractivity (Wildman–Crippen MR) is 77.2 cm³/mol. The molecule has 0 aromatic rings. The average molecular weight is 381 g/mol. The minimum absolute atomic E-state index is 0.218. The molecular weight excluding hydrogens is 362 g/mol. The minimum Gasteiger partial charge on any atom is -0.277 e. The van der Waals surface area contributed by atoms with Crippen molar-refractivity contribution in [3.8, 4) is 0 Å². The first-order valence-electron chi connectivity index (χ1n) is 6.93. The molecule has 0 saturated heterocycles. The number of rotatable bonds is 15. The molecule has 0 rings (SSSR count). The standard InChI is InChI=1S/C11H19N5O10/c1-2-22-13-9(19)4-24-15-11(21)6-26-16-10(20)5-25-14-8(18)3-23-12-7-17/h7H,2-6H2,1H3,(H,12,17)(H,13,19)(H,14,18)(H,15,21)(H,16,20). The van der Waals surface area contributed by atoms with Gasteiger partial charge in [0, 0.05) is 0 Å². The topological polar surface area (TPSA) is 192 Å². The Kier molecular flexibility index (Phi) is 13.9. The molecule has 0 fully saturated rings. The zero-order chi connectivity index (χ0) is 19.6. The molecule has 0 saturated carbocycles. The van der Waals surface area contributed by atoms with Gasteiger partial charge < -0.3 is 0 Å². The van der Waals surface area contributed by atoms with Gasteiger partial charge >= 0.3 is 0 Å². The Bertz CT molecular complexity index is 474. The van der Waals surface area contributed by atoms with Crippen molar-refractivity contribution < 1.29 is 48.2 Å². The Morgan fingerprint density at radius 2 is 1.00 bits per heavy atom. The molecule has 0 aliphatic carbocycles. The number of hydrogen-bond acceptors (Lipinski definition) is 10. The second kappa shape index (κ2) is 15.7. The molecule has 0 unspecified atom stereocenters. The molecule has 0 radical (unpaired) electrons. The molecule has 0 aromatic heterocycles. The maximum Gasteiger partial charge on any atom is 0.272 e. The highest BCUT2D eigenvalue weighted by molar-refractivity contribution is 5.79. The Morgan fingerprint density at radius 1 is 0.654 bits per heavy atom. The van der Waals surface area contributed by atoms with E-state index in [9.17, 15) is 24.0 Å². The molecular formula is C11H19N5O10. The van der Waals surface area contributed by atoms with Gasteiger partial charge in [-0.3, -0.25) is 48.2 Å². The number of nitrogens with one attached hydrogen (secondary N) is 5. The van der Waals surface area contributed by atoms with E-state index in [-0.39, 0.29) is 13.0 Å². The normalized spacial score (nSPS) is 9.73. The van der Waals surface area contributed by atoms with Crippen LogP contribution in [0, 0.1) is 0 Å². The van der Waals surface area contributed by atoms with Crippen molar-refractivity contribution in [2.24, 2.45) is 0 Å². The summed E-state index contributed by atoms with van der Waals surface area (Å²) in [5.74, 6) is -2.99. The van der Waals surface area contributed by atoms with Crippen LogP contribution in [0.15, 0.2) is 0 Å². The first-order chi connectivity index (χ1) is 12.5. The van der Waals surface area contributed by atoms with Gasteiger partial charge in [0.2, 0.25) is 6.41 Å². The monoisotopic (exact) mass is 381 g/mol. The van der Waals surface area contributed by atoms with Crippen LogP contribution in [0.5, 0.6) is 0 Å². The molecule has 26 heavy (non-hydrogen) atoms. The van der Waals surface area contributed by atoms with Crippen molar-refractivity contribution in [2.75, 3.05) is 33.0 Å². The van der Waals surface area contributed by atoms with Crippen LogP contribution in [0.1, 0.15) is 6.92 Å². The first-order valence-corrected chi connectivity index (χ1v) is 6.93. The third kappa shape index (κ3) is 14.7. The number of hydroxylamine groups is 5. The van der Waals surface area contributed by atoms with Crippen LogP contribution in [0.25, 0.3) is 0 Å². The van der Waals surface area contributed by atoms with E-state index in [0.717, 1.165) is 0 Å². The maximum absolute atomic E-state index is 11.2. The van der Waals surface area contributed by atoms with Gasteiger partial charge in [-0.15, -0.1) is 0 Å². The summed E-state index contributed by atoms with van der Waals surface area (Å²) in [5, 5.41) is 0. The van der Waals surface area contributed by atoms with Crippen LogP contribution in [0.4, 0.5) is 0 Å². The molecule has 0 heterocycles. The van der Waals surface area contributed by atoms with E-state index in [0.29, 0.717) is 0 Å². The lowest BCUT2D eigenvalue weighted by Gasteiger charge is -2.08. The number of hydrogen-bond donors (Lipinski definition) is 5. The molecule has 148 valence electrons. The van der Waals surface area contributed by atoms with Crippen molar-refractivity contribution in [3.63, 3.8) is 0 Å². The smallest absolute Gasteiger partial charge is 0.272 e. The van der Waals surface area contributed by atoms with Gasteiger partial charge in [0.1, 0.15) is 0 Å². The maximum atomic E-state index is 11.2. The van der Waals surface area contributed by atoms with Crippen LogP contribution >= 0.6 is 0 Å². The zero-order valence-electron chi connectivity index (χ0n) is 13.7. The van der Waals surface area contributed by atoms with Crippen LogP contribution in [-0.2, 0) is 48.2 Å². The zero-order valence-corrected chi connectivity index (χ0v) is 13.7. The minimum atomic E-state index is -0.818. The molecule has 5 amide bonds. The lowest BCUT2D eigenvalue weighted by atomic mass is 10.7. The summed E-state index contributed by atoms with van der Waals surface area (Å²) in [6.45, 7) is -0.323. The van der Waals surface area contributed by atoms with Crippen molar-refractivity contribution in [1.82, 2.24) is 27.4 Å². The van der Waals surface area contributed by atoms with E-state index in [4.69, 9.17) is 0 Å². The van der Waals surface area contributed by atoms with Crippen LogP contribution in [0.3, 0.4) is 0 Å². The first kappa shape index (κ1) is 23.1. The largest absolute Gasteiger partial charge is 0.277 e. The molecule has 0 aliphatic rings. The summed E-state index contributed by atoms with van der Waals surface area (Å²) in [7, 11) is 0. The van der Waals surface area contributed by atoms with E-state index in [1.807, 2.05) is 21.9 Å². The Hall–Kier alpha value is -2.85. The molecule has 0 atom stereocenters. The Morgan fingerprint density at radius 3 is 1.35 bits per heavy atom. The second-order valence-corrected chi connectivity index (χ2v) is 3.92. The quantitative estimate of drug-likeness (QED) is 0.106. The molecule has 0 bridgehead atoms. The third-order valence-corrected chi connectivity index (χ3v) is 1.83. The number of carbonyl (C=O) groups is 5. The van der Waals surface area contributed by atoms with E-state index < -0.39 is 50.1 Å². The number of amides is 5.